The van der Waals surface area contributed by atoms with Crippen LogP contribution in [0.25, 0.3) is 0 Å². The van der Waals surface area contributed by atoms with E-state index in [1.165, 1.54) is 7.05 Å². The number of amidine groups is 1. The van der Waals surface area contributed by atoms with Crippen LogP contribution in [0.5, 0.6) is 0 Å². The minimum atomic E-state index is -1.79. The van der Waals surface area contributed by atoms with E-state index in [4.69, 9.17) is 5.11 Å². The lowest BCUT2D eigenvalue weighted by Gasteiger charge is -2.25. The Morgan fingerprint density at radius 1 is 1.15 bits per heavy atom. The highest BCUT2D eigenvalue weighted by Gasteiger charge is 2.40. The second-order valence-electron chi connectivity index (χ2n) is 5.53. The largest absolute Gasteiger partial charge is 0.479 e. The third-order valence-electron chi connectivity index (χ3n) is 3.71. The van der Waals surface area contributed by atoms with Gasteiger partial charge in [-0.3, -0.25) is 14.5 Å². The van der Waals surface area contributed by atoms with Crippen LogP contribution in [-0.2, 0) is 14.4 Å². The number of hydrogen-bond acceptors (Lipinski definition) is 6. The van der Waals surface area contributed by atoms with Crippen molar-refractivity contribution in [1.82, 2.24) is 4.90 Å². The molecule has 0 saturated carbocycles. The first-order valence-electron chi connectivity index (χ1n) is 7.72. The van der Waals surface area contributed by atoms with E-state index in [2.05, 4.69) is 15.6 Å². The lowest BCUT2D eigenvalue weighted by atomic mass is 10.1. The summed E-state index contributed by atoms with van der Waals surface area (Å²) in [5.74, 6) is -3.58. The number of hydrogen-bond donors (Lipinski definition) is 3. The summed E-state index contributed by atoms with van der Waals surface area (Å²) in [5, 5.41) is 16.1. The molecule has 0 radical (unpaired) electrons. The van der Waals surface area contributed by atoms with Gasteiger partial charge in [-0.2, -0.15) is 0 Å². The highest BCUT2D eigenvalue weighted by atomic mass is 32.1. The van der Waals surface area contributed by atoms with Crippen molar-refractivity contribution in [2.75, 3.05) is 17.7 Å². The summed E-state index contributed by atoms with van der Waals surface area (Å²) in [6.45, 7) is 0. The number of likely N-dealkylation sites (N-methyl/N-ethyl adjacent to an activating group) is 1. The van der Waals surface area contributed by atoms with Crippen LogP contribution < -0.4 is 10.6 Å². The standard InChI is InChI=1S/C17H14N4O5S/c1-21-14(20-11(16(24)25)12(22)15(21)23)13-10(7-8-27-13)19-17(26)18-9-5-3-2-4-6-9/h2-8,11H,1H3,(H,24,25)(H2,18,19,26). The van der Waals surface area contributed by atoms with Gasteiger partial charge in [-0.25, -0.2) is 14.6 Å². The Balaban J connectivity index is 1.86. The molecule has 0 fully saturated rings. The first-order chi connectivity index (χ1) is 12.9. The maximum absolute atomic E-state index is 12.2. The Hall–Kier alpha value is -3.53. The number of benzene rings is 1. The molecule has 9 nitrogen and oxygen atoms in total. The number of aliphatic imine (C=N–C) groups is 1. The number of Topliss-reactive ketones (excluding diaryl/α,β-unsaturated/α-hetero) is 1. The zero-order valence-electron chi connectivity index (χ0n) is 14.0. The van der Waals surface area contributed by atoms with Crippen molar-refractivity contribution in [1.29, 1.82) is 0 Å². The average Bonchev–Trinajstić information content (AvgIpc) is 3.08. The van der Waals surface area contributed by atoms with Crippen LogP contribution in [0.2, 0.25) is 0 Å². The quantitative estimate of drug-likeness (QED) is 0.543. The van der Waals surface area contributed by atoms with Gasteiger partial charge in [0, 0.05) is 12.7 Å². The number of aliphatic carboxylic acids is 1. The van der Waals surface area contributed by atoms with Crippen molar-refractivity contribution in [3.63, 3.8) is 0 Å². The summed E-state index contributed by atoms with van der Waals surface area (Å²) >= 11 is 1.15. The third kappa shape index (κ3) is 3.70. The molecule has 1 atom stereocenters. The number of ketones is 1. The minimum Gasteiger partial charge on any atom is -0.479 e. The Kier molecular flexibility index (Phi) is 4.99. The summed E-state index contributed by atoms with van der Waals surface area (Å²) in [6, 6.07) is 8.07. The molecule has 0 spiro atoms. The molecule has 1 aliphatic rings. The van der Waals surface area contributed by atoms with Gasteiger partial charge >= 0.3 is 12.0 Å². The van der Waals surface area contributed by atoms with Crippen molar-refractivity contribution < 1.29 is 24.3 Å². The van der Waals surface area contributed by atoms with Crippen LogP contribution in [0.15, 0.2) is 46.8 Å². The first kappa shape index (κ1) is 18.3. The van der Waals surface area contributed by atoms with Gasteiger partial charge in [-0.15, -0.1) is 11.3 Å². The first-order valence-corrected chi connectivity index (χ1v) is 8.60. The van der Waals surface area contributed by atoms with Gasteiger partial charge in [0.05, 0.1) is 10.6 Å². The van der Waals surface area contributed by atoms with Crippen molar-refractivity contribution in [2.45, 2.75) is 6.04 Å². The number of nitrogens with one attached hydrogen (secondary N) is 2. The molecule has 3 amide bonds. The van der Waals surface area contributed by atoms with E-state index in [1.807, 2.05) is 6.07 Å². The van der Waals surface area contributed by atoms with E-state index in [0.29, 0.717) is 16.3 Å². The monoisotopic (exact) mass is 386 g/mol. The van der Waals surface area contributed by atoms with Gasteiger partial charge in [0.15, 0.2) is 5.84 Å². The van der Waals surface area contributed by atoms with E-state index in [1.54, 1.807) is 35.7 Å². The summed E-state index contributed by atoms with van der Waals surface area (Å²) in [7, 11) is 1.32. The molecule has 2 heterocycles. The molecular formula is C17H14N4O5S. The highest BCUT2D eigenvalue weighted by Crippen LogP contribution is 2.27. The van der Waals surface area contributed by atoms with E-state index in [-0.39, 0.29) is 5.84 Å². The molecule has 0 bridgehead atoms. The number of para-hydroxylation sites is 1. The number of urea groups is 1. The third-order valence-corrected chi connectivity index (χ3v) is 4.63. The van der Waals surface area contributed by atoms with Crippen molar-refractivity contribution in [3.05, 3.63) is 46.7 Å². The van der Waals surface area contributed by atoms with Crippen LogP contribution in [-0.4, -0.2) is 52.6 Å². The van der Waals surface area contributed by atoms with Crippen molar-refractivity contribution >= 4 is 52.2 Å². The predicted molar refractivity (Wildman–Crippen MR) is 99.1 cm³/mol. The fourth-order valence-electron chi connectivity index (χ4n) is 2.41. The predicted octanol–water partition coefficient (Wildman–Crippen LogP) is 1.63. The molecule has 10 heteroatoms. The maximum Gasteiger partial charge on any atom is 0.336 e. The fourth-order valence-corrected chi connectivity index (χ4v) is 3.29. The Bertz CT molecular complexity index is 953. The molecule has 2 aromatic rings. The molecule has 1 aromatic heterocycles. The van der Waals surface area contributed by atoms with Crippen LogP contribution in [0.1, 0.15) is 4.88 Å². The highest BCUT2D eigenvalue weighted by molar-refractivity contribution is 7.12. The second kappa shape index (κ2) is 7.38. The van der Waals surface area contributed by atoms with Gasteiger partial charge in [0.25, 0.3) is 11.7 Å². The van der Waals surface area contributed by atoms with E-state index in [0.717, 1.165) is 16.2 Å². The lowest BCUT2D eigenvalue weighted by Crippen LogP contribution is -2.50. The number of rotatable bonds is 4. The zero-order chi connectivity index (χ0) is 19.6. The molecule has 3 N–H and O–H groups in total. The van der Waals surface area contributed by atoms with Gasteiger partial charge in [0.2, 0.25) is 6.04 Å². The number of thiophene rings is 1. The molecular weight excluding hydrogens is 372 g/mol. The molecule has 138 valence electrons. The molecule has 1 unspecified atom stereocenters. The smallest absolute Gasteiger partial charge is 0.336 e. The number of carbonyl (C=O) groups excluding carboxylic acids is 3. The summed E-state index contributed by atoms with van der Waals surface area (Å²) in [5.41, 5.74) is 0.927. The summed E-state index contributed by atoms with van der Waals surface area (Å²) in [6.07, 6.45) is 0. The molecule has 3 rings (SSSR count). The van der Waals surface area contributed by atoms with Gasteiger partial charge < -0.3 is 15.7 Å². The Labute approximate surface area is 157 Å². The zero-order valence-corrected chi connectivity index (χ0v) is 14.8. The Morgan fingerprint density at radius 2 is 1.85 bits per heavy atom. The summed E-state index contributed by atoms with van der Waals surface area (Å²) < 4.78 is 0. The molecule has 0 saturated heterocycles. The van der Waals surface area contributed by atoms with Crippen LogP contribution in [0, 0.1) is 0 Å². The SMILES string of the molecule is CN1C(=O)C(=O)C(C(=O)O)N=C1c1sccc1NC(=O)Nc1ccccc1. The molecule has 1 aromatic carbocycles. The van der Waals surface area contributed by atoms with E-state index < -0.39 is 29.7 Å². The van der Waals surface area contributed by atoms with Crippen molar-refractivity contribution in [2.24, 2.45) is 4.99 Å². The van der Waals surface area contributed by atoms with Crippen LogP contribution >= 0.6 is 11.3 Å². The normalized spacial score (nSPS) is 16.7. The number of carboxylic acid groups (broad SMARTS) is 1. The summed E-state index contributed by atoms with van der Waals surface area (Å²) in [4.78, 5) is 52.5. The number of nitrogens with zero attached hydrogens (tertiary/aromatic N) is 2. The molecule has 27 heavy (non-hydrogen) atoms. The lowest BCUT2D eigenvalue weighted by molar-refractivity contribution is -0.149. The van der Waals surface area contributed by atoms with E-state index >= 15 is 0 Å². The number of amides is 3. The minimum absolute atomic E-state index is 0.0111. The molecule has 1 aliphatic heterocycles. The number of carboxylic acids is 1. The van der Waals surface area contributed by atoms with Gasteiger partial charge in [0.1, 0.15) is 0 Å². The second-order valence-corrected chi connectivity index (χ2v) is 6.45. The van der Waals surface area contributed by atoms with Gasteiger partial charge in [-0.1, -0.05) is 18.2 Å². The van der Waals surface area contributed by atoms with E-state index in [9.17, 15) is 19.2 Å². The molecule has 0 aliphatic carbocycles. The van der Waals surface area contributed by atoms with Crippen molar-refractivity contribution in [3.8, 4) is 0 Å². The maximum atomic E-state index is 12.2. The van der Waals surface area contributed by atoms with Crippen LogP contribution in [0.4, 0.5) is 16.2 Å². The van der Waals surface area contributed by atoms with Gasteiger partial charge in [-0.05, 0) is 23.6 Å². The topological polar surface area (TPSA) is 128 Å². The number of carbonyl (C=O) groups is 4. The Morgan fingerprint density at radius 3 is 2.52 bits per heavy atom. The van der Waals surface area contributed by atoms with Crippen LogP contribution in [0.3, 0.4) is 0 Å². The average molecular weight is 386 g/mol. The number of anilines is 2. The fraction of sp³-hybridized carbons (Fsp3) is 0.118.